The second-order valence-electron chi connectivity index (χ2n) is 6.97. The lowest BCUT2D eigenvalue weighted by Gasteiger charge is -2.10. The number of aromatic nitrogens is 1. The molecule has 0 saturated carbocycles. The first-order valence-corrected chi connectivity index (χ1v) is 9.59. The Labute approximate surface area is 175 Å². The second-order valence-corrected chi connectivity index (χ2v) is 6.97. The fraction of sp³-hybridized carbons (Fsp3) is 0.261. The lowest BCUT2D eigenvalue weighted by atomic mass is 10.1. The summed E-state index contributed by atoms with van der Waals surface area (Å²) in [7, 11) is 1.43. The highest BCUT2D eigenvalue weighted by atomic mass is 16.6. The van der Waals surface area contributed by atoms with Crippen LogP contribution in [0.5, 0.6) is 11.5 Å². The highest BCUT2D eigenvalue weighted by molar-refractivity contribution is 5.98. The molecule has 30 heavy (non-hydrogen) atoms. The van der Waals surface area contributed by atoms with Gasteiger partial charge in [-0.15, -0.1) is 0 Å². The van der Waals surface area contributed by atoms with E-state index in [4.69, 9.17) is 9.47 Å². The molecule has 0 aliphatic heterocycles. The monoisotopic (exact) mass is 408 g/mol. The molecule has 0 N–H and O–H groups in total. The minimum Gasteiger partial charge on any atom is -0.496 e. The Hall–Kier alpha value is -3.61. The van der Waals surface area contributed by atoms with Crippen LogP contribution in [0.25, 0.3) is 0 Å². The summed E-state index contributed by atoms with van der Waals surface area (Å²) >= 11 is 0. The lowest BCUT2D eigenvalue weighted by Crippen LogP contribution is -2.14. The third-order valence-electron chi connectivity index (χ3n) is 5.06. The molecule has 1 heterocycles. The summed E-state index contributed by atoms with van der Waals surface area (Å²) < 4.78 is 12.6. The van der Waals surface area contributed by atoms with Crippen molar-refractivity contribution in [2.75, 3.05) is 13.7 Å². The number of ether oxygens (including phenoxy) is 2. The molecule has 3 rings (SSSR count). The average molecular weight is 408 g/mol. The van der Waals surface area contributed by atoms with Crippen molar-refractivity contribution in [2.45, 2.75) is 26.8 Å². The maximum absolute atomic E-state index is 12.8. The number of methoxy groups -OCH3 is 1. The minimum atomic E-state index is -0.558. The molecule has 1 aromatic heterocycles. The van der Waals surface area contributed by atoms with Crippen LogP contribution in [-0.4, -0.2) is 29.0 Å². The van der Waals surface area contributed by atoms with Crippen molar-refractivity contribution < 1.29 is 19.2 Å². The number of rotatable bonds is 9. The molecule has 7 nitrogen and oxygen atoms in total. The summed E-state index contributed by atoms with van der Waals surface area (Å²) in [6.45, 7) is 4.35. The molecule has 2 aromatic carbocycles. The number of benzene rings is 2. The number of hydrogen-bond acceptors (Lipinski definition) is 5. The molecule has 0 aliphatic carbocycles. The third-order valence-corrected chi connectivity index (χ3v) is 5.06. The van der Waals surface area contributed by atoms with Gasteiger partial charge in [-0.3, -0.25) is 14.9 Å². The van der Waals surface area contributed by atoms with Crippen molar-refractivity contribution in [1.29, 1.82) is 0 Å². The third kappa shape index (κ3) is 4.68. The molecule has 0 radical (unpaired) electrons. The number of hydrogen-bond donors (Lipinski definition) is 0. The van der Waals surface area contributed by atoms with Crippen molar-refractivity contribution in [2.24, 2.45) is 0 Å². The van der Waals surface area contributed by atoms with Crippen molar-refractivity contribution in [1.82, 2.24) is 4.57 Å². The number of Topliss-reactive ketones (excluding diaryl/α,β-unsaturated/α-hetero) is 1. The second kappa shape index (κ2) is 9.26. The van der Waals surface area contributed by atoms with Gasteiger partial charge in [0.1, 0.15) is 5.75 Å². The van der Waals surface area contributed by atoms with E-state index < -0.39 is 4.92 Å². The van der Waals surface area contributed by atoms with E-state index in [1.165, 1.54) is 24.8 Å². The molecule has 156 valence electrons. The first kappa shape index (κ1) is 21.1. The van der Waals surface area contributed by atoms with E-state index in [0.717, 1.165) is 24.4 Å². The van der Waals surface area contributed by atoms with Gasteiger partial charge in [-0.1, -0.05) is 30.3 Å². The zero-order chi connectivity index (χ0) is 21.7. The molecular formula is C23H24N2O5. The average Bonchev–Trinajstić information content (AvgIpc) is 3.04. The van der Waals surface area contributed by atoms with Gasteiger partial charge in [-0.25, -0.2) is 0 Å². The van der Waals surface area contributed by atoms with E-state index in [0.29, 0.717) is 11.3 Å². The van der Waals surface area contributed by atoms with E-state index in [2.05, 4.69) is 16.7 Å². The van der Waals surface area contributed by atoms with Crippen LogP contribution in [0.3, 0.4) is 0 Å². The maximum atomic E-state index is 12.8. The van der Waals surface area contributed by atoms with Crippen LogP contribution in [0.4, 0.5) is 5.69 Å². The zero-order valence-electron chi connectivity index (χ0n) is 17.3. The van der Waals surface area contributed by atoms with Crippen LogP contribution < -0.4 is 9.47 Å². The number of ketones is 1. The van der Waals surface area contributed by atoms with Gasteiger partial charge in [-0.05, 0) is 44.0 Å². The van der Waals surface area contributed by atoms with E-state index in [1.54, 1.807) is 6.07 Å². The number of nitro groups is 1. The molecule has 0 saturated heterocycles. The Morgan fingerprint density at radius 3 is 2.50 bits per heavy atom. The van der Waals surface area contributed by atoms with Gasteiger partial charge < -0.3 is 14.0 Å². The Morgan fingerprint density at radius 2 is 1.83 bits per heavy atom. The molecule has 3 aromatic rings. The summed E-state index contributed by atoms with van der Waals surface area (Å²) in [4.78, 5) is 23.5. The van der Waals surface area contributed by atoms with Gasteiger partial charge in [0.05, 0.1) is 18.1 Å². The van der Waals surface area contributed by atoms with E-state index in [1.807, 2.05) is 38.1 Å². The number of aryl methyl sites for hydroxylation is 2. The molecule has 0 spiro atoms. The van der Waals surface area contributed by atoms with E-state index >= 15 is 0 Å². The van der Waals surface area contributed by atoms with Crippen LogP contribution in [0.15, 0.2) is 54.6 Å². The SMILES string of the molecule is COc1ccc(OCC(=O)c2cc(C)n(CCc3ccccc3)c2C)c([N+](=O)[O-])c1. The van der Waals surface area contributed by atoms with Crippen molar-refractivity contribution in [3.63, 3.8) is 0 Å². The van der Waals surface area contributed by atoms with Crippen LogP contribution in [0.2, 0.25) is 0 Å². The van der Waals surface area contributed by atoms with Crippen LogP contribution >= 0.6 is 0 Å². The molecular weight excluding hydrogens is 384 g/mol. The van der Waals surface area contributed by atoms with Crippen LogP contribution in [-0.2, 0) is 13.0 Å². The van der Waals surface area contributed by atoms with Crippen molar-refractivity contribution in [3.8, 4) is 11.5 Å². The molecule has 0 amide bonds. The van der Waals surface area contributed by atoms with Gasteiger partial charge in [0.25, 0.3) is 0 Å². The van der Waals surface area contributed by atoms with E-state index in [-0.39, 0.29) is 23.8 Å². The Morgan fingerprint density at radius 1 is 1.10 bits per heavy atom. The largest absolute Gasteiger partial charge is 0.496 e. The van der Waals surface area contributed by atoms with Gasteiger partial charge in [0, 0.05) is 23.5 Å². The molecule has 0 fully saturated rings. The summed E-state index contributed by atoms with van der Waals surface area (Å²) in [6.07, 6.45) is 0.860. The Bertz CT molecular complexity index is 1060. The fourth-order valence-corrected chi connectivity index (χ4v) is 3.42. The van der Waals surface area contributed by atoms with Crippen LogP contribution in [0, 0.1) is 24.0 Å². The lowest BCUT2D eigenvalue weighted by molar-refractivity contribution is -0.385. The zero-order valence-corrected chi connectivity index (χ0v) is 17.3. The first-order chi connectivity index (χ1) is 14.4. The highest BCUT2D eigenvalue weighted by Gasteiger charge is 2.20. The summed E-state index contributed by atoms with van der Waals surface area (Å²) in [5, 5.41) is 11.3. The molecule has 7 heteroatoms. The predicted molar refractivity (Wildman–Crippen MR) is 114 cm³/mol. The quantitative estimate of drug-likeness (QED) is 0.295. The smallest absolute Gasteiger partial charge is 0.314 e. The maximum Gasteiger partial charge on any atom is 0.314 e. The van der Waals surface area contributed by atoms with Gasteiger partial charge >= 0.3 is 5.69 Å². The van der Waals surface area contributed by atoms with Crippen molar-refractivity contribution >= 4 is 11.5 Å². The van der Waals surface area contributed by atoms with Gasteiger partial charge in [-0.2, -0.15) is 0 Å². The summed E-state index contributed by atoms with van der Waals surface area (Å²) in [5.41, 5.74) is 3.41. The Kier molecular flexibility index (Phi) is 6.51. The molecule has 0 aliphatic rings. The summed E-state index contributed by atoms with van der Waals surface area (Å²) in [5.74, 6) is 0.161. The predicted octanol–water partition coefficient (Wildman–Crippen LogP) is 4.53. The molecule has 0 atom stereocenters. The number of nitrogens with zero attached hydrogens (tertiary/aromatic N) is 2. The number of carbonyl (C=O) groups is 1. The summed E-state index contributed by atoms with van der Waals surface area (Å²) in [6, 6.07) is 16.3. The fourth-order valence-electron chi connectivity index (χ4n) is 3.42. The molecule has 0 bridgehead atoms. The highest BCUT2D eigenvalue weighted by Crippen LogP contribution is 2.31. The van der Waals surface area contributed by atoms with E-state index in [9.17, 15) is 14.9 Å². The van der Waals surface area contributed by atoms with Gasteiger partial charge in [0.15, 0.2) is 12.4 Å². The minimum absolute atomic E-state index is 0.0343. The topological polar surface area (TPSA) is 83.6 Å². The Balaban J connectivity index is 1.71. The number of nitro benzene ring substituents is 1. The van der Waals surface area contributed by atoms with Crippen molar-refractivity contribution in [3.05, 3.63) is 87.2 Å². The molecule has 0 unspecified atom stereocenters. The van der Waals surface area contributed by atoms with Gasteiger partial charge in [0.2, 0.25) is 5.78 Å². The van der Waals surface area contributed by atoms with Crippen LogP contribution in [0.1, 0.15) is 27.3 Å². The number of carbonyl (C=O) groups excluding carboxylic acids is 1. The standard InChI is InChI=1S/C23H24N2O5/c1-16-13-20(17(2)24(16)12-11-18-7-5-4-6-8-18)22(26)15-30-23-10-9-19(29-3)14-21(23)25(27)28/h4-10,13-14H,11-12,15H2,1-3H3. The first-order valence-electron chi connectivity index (χ1n) is 9.59. The normalized spacial score (nSPS) is 10.6.